The van der Waals surface area contributed by atoms with Crippen LogP contribution in [0.25, 0.3) is 0 Å². The first-order valence-electron chi connectivity index (χ1n) is 6.11. The first-order chi connectivity index (χ1) is 7.59. The van der Waals surface area contributed by atoms with Gasteiger partial charge in [0.05, 0.1) is 0 Å². The highest BCUT2D eigenvalue weighted by atomic mass is 15.0. The molecule has 1 aromatic carbocycles. The molecule has 0 spiro atoms. The normalized spacial score (nSPS) is 16.0. The van der Waals surface area contributed by atoms with Crippen molar-refractivity contribution in [1.29, 1.82) is 0 Å². The second kappa shape index (κ2) is 4.46. The van der Waals surface area contributed by atoms with Gasteiger partial charge in [-0.05, 0) is 49.9 Å². The molecule has 16 heavy (non-hydrogen) atoms. The van der Waals surface area contributed by atoms with E-state index >= 15 is 0 Å². The van der Waals surface area contributed by atoms with Crippen LogP contribution in [0.5, 0.6) is 0 Å². The molecule has 0 aromatic heterocycles. The molecule has 1 heterocycles. The molecule has 0 bridgehead atoms. The monoisotopic (exact) mass is 218 g/mol. The number of hydrogen-bond donors (Lipinski definition) is 2. The van der Waals surface area contributed by atoms with Gasteiger partial charge in [0.25, 0.3) is 0 Å². The first-order valence-corrected chi connectivity index (χ1v) is 6.11. The Morgan fingerprint density at radius 1 is 1.12 bits per heavy atom. The minimum Gasteiger partial charge on any atom is -0.384 e. The zero-order chi connectivity index (χ0) is 11.7. The number of hydrogen-bond acceptors (Lipinski definition) is 2. The van der Waals surface area contributed by atoms with Crippen molar-refractivity contribution in [3.05, 3.63) is 28.3 Å². The van der Waals surface area contributed by atoms with Crippen LogP contribution < -0.4 is 10.6 Å². The van der Waals surface area contributed by atoms with Gasteiger partial charge in [0.15, 0.2) is 0 Å². The third-order valence-electron chi connectivity index (χ3n) is 3.80. The smallest absolute Gasteiger partial charge is 0.0405 e. The van der Waals surface area contributed by atoms with Crippen LogP contribution >= 0.6 is 0 Å². The summed E-state index contributed by atoms with van der Waals surface area (Å²) < 4.78 is 0. The Morgan fingerprint density at radius 3 is 2.12 bits per heavy atom. The Bertz CT molecular complexity index is 366. The summed E-state index contributed by atoms with van der Waals surface area (Å²) in [4.78, 5) is 0. The fraction of sp³-hybridized carbons (Fsp3) is 0.571. The number of anilines is 1. The summed E-state index contributed by atoms with van der Waals surface area (Å²) in [5.74, 6) is 0.805. The van der Waals surface area contributed by atoms with E-state index in [1.165, 1.54) is 27.9 Å². The van der Waals surface area contributed by atoms with Crippen molar-refractivity contribution in [3.63, 3.8) is 0 Å². The van der Waals surface area contributed by atoms with Gasteiger partial charge in [-0.3, -0.25) is 0 Å². The number of benzene rings is 1. The average molecular weight is 218 g/mol. The molecule has 0 saturated carbocycles. The zero-order valence-corrected chi connectivity index (χ0v) is 10.8. The molecule has 1 saturated heterocycles. The molecule has 0 unspecified atom stereocenters. The number of rotatable bonds is 3. The maximum atomic E-state index is 3.62. The average Bonchev–Trinajstić information content (AvgIpc) is 2.18. The van der Waals surface area contributed by atoms with Gasteiger partial charge in [0.1, 0.15) is 0 Å². The molecular weight excluding hydrogens is 196 g/mol. The van der Waals surface area contributed by atoms with Crippen molar-refractivity contribution in [2.45, 2.75) is 27.7 Å². The van der Waals surface area contributed by atoms with Crippen molar-refractivity contribution in [2.24, 2.45) is 5.92 Å². The van der Waals surface area contributed by atoms with Gasteiger partial charge in [-0.1, -0.05) is 6.07 Å². The Balaban J connectivity index is 2.17. The van der Waals surface area contributed by atoms with E-state index in [-0.39, 0.29) is 0 Å². The lowest BCUT2D eigenvalue weighted by molar-refractivity contribution is 0.365. The molecule has 2 N–H and O–H groups in total. The van der Waals surface area contributed by atoms with Crippen molar-refractivity contribution in [1.82, 2.24) is 5.32 Å². The molecule has 2 heteroatoms. The Morgan fingerprint density at radius 2 is 1.69 bits per heavy atom. The SMILES string of the molecule is Cc1cc(C)c(C)c(NCC2CNC2)c1C. The molecule has 2 nitrogen and oxygen atoms in total. The van der Waals surface area contributed by atoms with E-state index in [0.717, 1.165) is 25.6 Å². The largest absolute Gasteiger partial charge is 0.384 e. The number of aryl methyl sites for hydroxylation is 2. The van der Waals surface area contributed by atoms with Crippen LogP contribution in [0.2, 0.25) is 0 Å². The van der Waals surface area contributed by atoms with E-state index in [1.54, 1.807) is 0 Å². The predicted octanol–water partition coefficient (Wildman–Crippen LogP) is 2.55. The zero-order valence-electron chi connectivity index (χ0n) is 10.8. The summed E-state index contributed by atoms with van der Waals surface area (Å²) in [6.07, 6.45) is 0. The summed E-state index contributed by atoms with van der Waals surface area (Å²) >= 11 is 0. The van der Waals surface area contributed by atoms with Crippen molar-refractivity contribution in [3.8, 4) is 0 Å². The molecule has 0 radical (unpaired) electrons. The minimum absolute atomic E-state index is 0.805. The quantitative estimate of drug-likeness (QED) is 0.814. The van der Waals surface area contributed by atoms with Gasteiger partial charge in [-0.25, -0.2) is 0 Å². The highest BCUT2D eigenvalue weighted by Crippen LogP contribution is 2.26. The third kappa shape index (κ3) is 2.07. The summed E-state index contributed by atoms with van der Waals surface area (Å²) in [6, 6.07) is 2.28. The van der Waals surface area contributed by atoms with E-state index in [1.807, 2.05) is 0 Å². The van der Waals surface area contributed by atoms with E-state index in [2.05, 4.69) is 44.4 Å². The molecule has 1 fully saturated rings. The molecule has 88 valence electrons. The predicted molar refractivity (Wildman–Crippen MR) is 70.2 cm³/mol. The van der Waals surface area contributed by atoms with Crippen LogP contribution in [0.1, 0.15) is 22.3 Å². The van der Waals surface area contributed by atoms with Gasteiger partial charge in [0, 0.05) is 31.2 Å². The number of nitrogens with one attached hydrogen (secondary N) is 2. The lowest BCUT2D eigenvalue weighted by Crippen LogP contribution is -2.45. The summed E-state index contributed by atoms with van der Waals surface area (Å²) in [6.45, 7) is 12.2. The molecular formula is C14H22N2. The van der Waals surface area contributed by atoms with Crippen LogP contribution in [-0.4, -0.2) is 19.6 Å². The first kappa shape index (κ1) is 11.5. The van der Waals surface area contributed by atoms with Crippen LogP contribution in [0.3, 0.4) is 0 Å². The van der Waals surface area contributed by atoms with Crippen molar-refractivity contribution in [2.75, 3.05) is 25.0 Å². The van der Waals surface area contributed by atoms with Gasteiger partial charge < -0.3 is 10.6 Å². The molecule has 0 atom stereocenters. The van der Waals surface area contributed by atoms with Crippen molar-refractivity contribution >= 4 is 5.69 Å². The Labute approximate surface area is 98.4 Å². The lowest BCUT2D eigenvalue weighted by atomic mass is 9.97. The Kier molecular flexibility index (Phi) is 3.20. The van der Waals surface area contributed by atoms with Crippen LogP contribution in [0.4, 0.5) is 5.69 Å². The minimum atomic E-state index is 0.805. The standard InChI is InChI=1S/C14H22N2/c1-9-5-10(2)12(4)14(11(9)3)16-8-13-6-15-7-13/h5,13,15-16H,6-8H2,1-4H3. The molecule has 1 aromatic rings. The van der Waals surface area contributed by atoms with Crippen LogP contribution in [0, 0.1) is 33.6 Å². The van der Waals surface area contributed by atoms with Crippen LogP contribution in [-0.2, 0) is 0 Å². The highest BCUT2D eigenvalue weighted by molar-refractivity contribution is 5.62. The highest BCUT2D eigenvalue weighted by Gasteiger charge is 2.17. The van der Waals surface area contributed by atoms with Gasteiger partial charge in [0.2, 0.25) is 0 Å². The molecule has 0 amide bonds. The molecule has 0 aliphatic carbocycles. The second-order valence-corrected chi connectivity index (χ2v) is 5.04. The molecule has 1 aliphatic rings. The maximum absolute atomic E-state index is 3.62. The van der Waals surface area contributed by atoms with Gasteiger partial charge in [-0.2, -0.15) is 0 Å². The second-order valence-electron chi connectivity index (χ2n) is 5.04. The molecule has 1 aliphatic heterocycles. The van der Waals surface area contributed by atoms with Gasteiger partial charge >= 0.3 is 0 Å². The van der Waals surface area contributed by atoms with E-state index in [9.17, 15) is 0 Å². The van der Waals surface area contributed by atoms with Crippen molar-refractivity contribution < 1.29 is 0 Å². The fourth-order valence-corrected chi connectivity index (χ4v) is 2.22. The van der Waals surface area contributed by atoms with E-state index < -0.39 is 0 Å². The summed E-state index contributed by atoms with van der Waals surface area (Å²) in [7, 11) is 0. The Hall–Kier alpha value is -1.02. The third-order valence-corrected chi connectivity index (χ3v) is 3.80. The summed E-state index contributed by atoms with van der Waals surface area (Å²) in [5, 5.41) is 6.93. The summed E-state index contributed by atoms with van der Waals surface area (Å²) in [5.41, 5.74) is 6.92. The lowest BCUT2D eigenvalue weighted by Gasteiger charge is -2.28. The fourth-order valence-electron chi connectivity index (χ4n) is 2.22. The topological polar surface area (TPSA) is 24.1 Å². The maximum Gasteiger partial charge on any atom is 0.0405 e. The van der Waals surface area contributed by atoms with E-state index in [0.29, 0.717) is 0 Å². The van der Waals surface area contributed by atoms with E-state index in [4.69, 9.17) is 0 Å². The molecule has 2 rings (SSSR count). The van der Waals surface area contributed by atoms with Gasteiger partial charge in [-0.15, -0.1) is 0 Å². The van der Waals surface area contributed by atoms with Crippen LogP contribution in [0.15, 0.2) is 6.07 Å².